The van der Waals surface area contributed by atoms with Crippen molar-refractivity contribution in [1.29, 1.82) is 0 Å². The molecule has 144 valence electrons. The molecule has 3 aromatic rings. The van der Waals surface area contributed by atoms with Crippen molar-refractivity contribution in [1.82, 2.24) is 20.0 Å². The van der Waals surface area contributed by atoms with E-state index in [1.807, 2.05) is 24.3 Å². The van der Waals surface area contributed by atoms with E-state index in [0.717, 1.165) is 27.6 Å². The fraction of sp³-hybridized carbons (Fsp3) is 0.286. The maximum Gasteiger partial charge on any atom is 0.262 e. The Morgan fingerprint density at radius 2 is 2.18 bits per heavy atom. The van der Waals surface area contributed by atoms with Gasteiger partial charge < -0.3 is 10.6 Å². The number of carbonyl (C=O) groups is 1. The Hall–Kier alpha value is -2.51. The average Bonchev–Trinajstić information content (AvgIpc) is 3.11. The molecule has 2 N–H and O–H groups in total. The summed E-state index contributed by atoms with van der Waals surface area (Å²) in [5.41, 5.74) is 4.42. The third kappa shape index (κ3) is 3.72. The Balaban J connectivity index is 1.55. The summed E-state index contributed by atoms with van der Waals surface area (Å²) in [7, 11) is 0. The number of carbonyl (C=O) groups excluding carboxylic acids is 1. The van der Waals surface area contributed by atoms with Crippen LogP contribution in [0.2, 0.25) is 0 Å². The van der Waals surface area contributed by atoms with E-state index < -0.39 is 0 Å². The SMILES string of the molecule is Cc1c(Br)cccc1-c1ccn2c(=O)c(CNC[C@@H]3CCC(=O)N3)cnc2c1. The molecule has 1 atom stereocenters. The highest BCUT2D eigenvalue weighted by atomic mass is 79.9. The summed E-state index contributed by atoms with van der Waals surface area (Å²) in [6, 6.07) is 10.1. The number of pyridine rings is 1. The van der Waals surface area contributed by atoms with Gasteiger partial charge in [0.1, 0.15) is 5.65 Å². The molecule has 0 bridgehead atoms. The topological polar surface area (TPSA) is 75.5 Å². The number of hydrogen-bond donors (Lipinski definition) is 2. The Morgan fingerprint density at radius 3 is 2.96 bits per heavy atom. The summed E-state index contributed by atoms with van der Waals surface area (Å²) < 4.78 is 2.63. The van der Waals surface area contributed by atoms with Gasteiger partial charge in [0.05, 0.1) is 0 Å². The van der Waals surface area contributed by atoms with Crippen molar-refractivity contribution in [2.45, 2.75) is 32.4 Å². The molecule has 0 aliphatic carbocycles. The molecule has 3 heterocycles. The van der Waals surface area contributed by atoms with Crippen molar-refractivity contribution in [3.63, 3.8) is 0 Å². The van der Waals surface area contributed by atoms with E-state index in [4.69, 9.17) is 0 Å². The van der Waals surface area contributed by atoms with Crippen LogP contribution in [0.15, 0.2) is 52.0 Å². The average molecular weight is 441 g/mol. The number of nitrogens with zero attached hydrogens (tertiary/aromatic N) is 2. The van der Waals surface area contributed by atoms with Crippen molar-refractivity contribution in [3.8, 4) is 11.1 Å². The first kappa shape index (κ1) is 18.8. The highest BCUT2D eigenvalue weighted by molar-refractivity contribution is 9.10. The zero-order valence-electron chi connectivity index (χ0n) is 15.5. The van der Waals surface area contributed by atoms with Crippen molar-refractivity contribution >= 4 is 27.5 Å². The molecule has 7 heteroatoms. The van der Waals surface area contributed by atoms with Crippen LogP contribution in [-0.2, 0) is 11.3 Å². The Bertz CT molecular complexity index is 1110. The minimum absolute atomic E-state index is 0.0783. The van der Waals surface area contributed by atoms with E-state index in [2.05, 4.69) is 44.5 Å². The zero-order valence-corrected chi connectivity index (χ0v) is 17.1. The van der Waals surface area contributed by atoms with Gasteiger partial charge in [-0.15, -0.1) is 0 Å². The fourth-order valence-corrected chi connectivity index (χ4v) is 3.90. The molecule has 1 amide bonds. The van der Waals surface area contributed by atoms with Crippen LogP contribution in [0.3, 0.4) is 0 Å². The molecule has 28 heavy (non-hydrogen) atoms. The van der Waals surface area contributed by atoms with Crippen LogP contribution in [0.5, 0.6) is 0 Å². The summed E-state index contributed by atoms with van der Waals surface area (Å²) in [6.07, 6.45) is 4.82. The van der Waals surface area contributed by atoms with Crippen LogP contribution in [0.1, 0.15) is 24.0 Å². The van der Waals surface area contributed by atoms with Crippen LogP contribution < -0.4 is 16.2 Å². The molecule has 2 aromatic heterocycles. The van der Waals surface area contributed by atoms with Crippen LogP contribution in [-0.4, -0.2) is 27.9 Å². The maximum atomic E-state index is 12.8. The highest BCUT2D eigenvalue weighted by Gasteiger charge is 2.20. The largest absolute Gasteiger partial charge is 0.352 e. The van der Waals surface area contributed by atoms with Gasteiger partial charge in [-0.05, 0) is 48.2 Å². The molecule has 4 rings (SSSR count). The Labute approximate surface area is 171 Å². The molecule has 1 fully saturated rings. The highest BCUT2D eigenvalue weighted by Crippen LogP contribution is 2.28. The van der Waals surface area contributed by atoms with E-state index in [-0.39, 0.29) is 17.5 Å². The molecule has 0 unspecified atom stereocenters. The molecule has 0 radical (unpaired) electrons. The number of rotatable bonds is 5. The summed E-state index contributed by atoms with van der Waals surface area (Å²) in [4.78, 5) is 28.5. The van der Waals surface area contributed by atoms with Gasteiger partial charge in [-0.1, -0.05) is 28.1 Å². The number of benzene rings is 1. The van der Waals surface area contributed by atoms with Crippen LogP contribution in [0.4, 0.5) is 0 Å². The molecule has 1 saturated heterocycles. The smallest absolute Gasteiger partial charge is 0.262 e. The Morgan fingerprint density at radius 1 is 1.32 bits per heavy atom. The molecular weight excluding hydrogens is 420 g/mol. The summed E-state index contributed by atoms with van der Waals surface area (Å²) in [6.45, 7) is 3.13. The predicted octanol–water partition coefficient (Wildman–Crippen LogP) is 2.80. The van der Waals surface area contributed by atoms with Gasteiger partial charge >= 0.3 is 0 Å². The van der Waals surface area contributed by atoms with Crippen molar-refractivity contribution in [2.24, 2.45) is 0 Å². The quantitative estimate of drug-likeness (QED) is 0.639. The van der Waals surface area contributed by atoms with Gasteiger partial charge in [-0.3, -0.25) is 14.0 Å². The lowest BCUT2D eigenvalue weighted by Crippen LogP contribution is -2.36. The number of halogens is 1. The first-order valence-electron chi connectivity index (χ1n) is 9.29. The van der Waals surface area contributed by atoms with Gasteiger partial charge in [0.15, 0.2) is 0 Å². The molecule has 6 nitrogen and oxygen atoms in total. The minimum Gasteiger partial charge on any atom is -0.352 e. The number of fused-ring (bicyclic) bond motifs is 1. The van der Waals surface area contributed by atoms with E-state index >= 15 is 0 Å². The van der Waals surface area contributed by atoms with E-state index in [0.29, 0.717) is 30.7 Å². The zero-order chi connectivity index (χ0) is 19.7. The second kappa shape index (κ2) is 7.85. The lowest BCUT2D eigenvalue weighted by molar-refractivity contribution is -0.119. The second-order valence-corrected chi connectivity index (χ2v) is 7.93. The standard InChI is InChI=1S/C21H21BrN4O2/c1-13-17(3-2-4-18(13)22)14-7-8-26-19(9-14)24-11-15(21(26)28)10-23-12-16-5-6-20(27)25-16/h2-4,7-9,11,16,23H,5-6,10,12H2,1H3,(H,25,27)/t16-/m0/s1. The van der Waals surface area contributed by atoms with Crippen LogP contribution >= 0.6 is 15.9 Å². The molecule has 1 aliphatic rings. The van der Waals surface area contributed by atoms with Gasteiger partial charge in [0.25, 0.3) is 5.56 Å². The number of aromatic nitrogens is 2. The normalized spacial score (nSPS) is 16.5. The van der Waals surface area contributed by atoms with E-state index in [9.17, 15) is 9.59 Å². The fourth-order valence-electron chi connectivity index (χ4n) is 3.53. The van der Waals surface area contributed by atoms with Crippen molar-refractivity contribution < 1.29 is 4.79 Å². The molecule has 1 aromatic carbocycles. The van der Waals surface area contributed by atoms with Gasteiger partial charge in [0.2, 0.25) is 5.91 Å². The van der Waals surface area contributed by atoms with E-state index in [1.165, 1.54) is 0 Å². The van der Waals surface area contributed by atoms with Gasteiger partial charge in [0, 0.05) is 48.0 Å². The third-order valence-corrected chi connectivity index (χ3v) is 6.01. The van der Waals surface area contributed by atoms with E-state index in [1.54, 1.807) is 16.8 Å². The molecule has 0 saturated carbocycles. The van der Waals surface area contributed by atoms with Gasteiger partial charge in [-0.25, -0.2) is 4.98 Å². The molecular formula is C21H21BrN4O2. The van der Waals surface area contributed by atoms with Gasteiger partial charge in [-0.2, -0.15) is 0 Å². The predicted molar refractivity (Wildman–Crippen MR) is 112 cm³/mol. The number of nitrogens with one attached hydrogen (secondary N) is 2. The monoisotopic (exact) mass is 440 g/mol. The number of hydrogen-bond acceptors (Lipinski definition) is 4. The Kier molecular flexibility index (Phi) is 5.28. The first-order chi connectivity index (χ1) is 13.5. The minimum atomic E-state index is -0.0783. The molecule has 1 aliphatic heterocycles. The first-order valence-corrected chi connectivity index (χ1v) is 10.1. The maximum absolute atomic E-state index is 12.8. The van der Waals surface area contributed by atoms with Crippen molar-refractivity contribution in [2.75, 3.05) is 6.54 Å². The lowest BCUT2D eigenvalue weighted by atomic mass is 10.0. The summed E-state index contributed by atoms with van der Waals surface area (Å²) in [5, 5.41) is 6.16. The number of amides is 1. The second-order valence-electron chi connectivity index (χ2n) is 7.08. The summed E-state index contributed by atoms with van der Waals surface area (Å²) in [5.74, 6) is 0.0933. The van der Waals surface area contributed by atoms with Crippen molar-refractivity contribution in [3.05, 3.63) is 68.7 Å². The molecule has 0 spiro atoms. The third-order valence-electron chi connectivity index (χ3n) is 5.15. The van der Waals surface area contributed by atoms with Crippen LogP contribution in [0, 0.1) is 6.92 Å². The lowest BCUT2D eigenvalue weighted by Gasteiger charge is -2.12. The van der Waals surface area contributed by atoms with Crippen LogP contribution in [0.25, 0.3) is 16.8 Å². The summed E-state index contributed by atoms with van der Waals surface area (Å²) >= 11 is 3.56.